The Kier molecular flexibility index (Phi) is 7.82. The van der Waals surface area contributed by atoms with Crippen molar-refractivity contribution in [3.8, 4) is 23.0 Å². The zero-order valence-corrected chi connectivity index (χ0v) is 17.7. The summed E-state index contributed by atoms with van der Waals surface area (Å²) < 4.78 is 5.96. The van der Waals surface area contributed by atoms with E-state index in [1.807, 2.05) is 0 Å². The lowest BCUT2D eigenvalue weighted by Gasteiger charge is -2.22. The molecule has 0 radical (unpaired) electrons. The number of aromatic hydroxyl groups is 3. The molecule has 0 aliphatic carbocycles. The number of para-hydroxylation sites is 1. The molecule has 30 heavy (non-hydrogen) atoms. The molecule has 162 valence electrons. The van der Waals surface area contributed by atoms with Crippen molar-refractivity contribution in [3.63, 3.8) is 0 Å². The molecule has 3 rings (SSSR count). The Bertz CT molecular complexity index is 880. The summed E-state index contributed by atoms with van der Waals surface area (Å²) in [6.45, 7) is 2.23. The van der Waals surface area contributed by atoms with Gasteiger partial charge in [-0.15, -0.1) is 5.10 Å². The maximum atomic E-state index is 10.4. The highest BCUT2D eigenvalue weighted by Gasteiger charge is 2.25. The number of unbranched alkanes of at least 4 members (excludes halogenated alkanes) is 8. The third-order valence-electron chi connectivity index (χ3n) is 5.47. The van der Waals surface area contributed by atoms with Crippen LogP contribution in [-0.2, 0) is 6.42 Å². The molecule has 0 saturated heterocycles. The van der Waals surface area contributed by atoms with Gasteiger partial charge < -0.3 is 20.1 Å². The van der Waals surface area contributed by atoms with E-state index in [1.165, 1.54) is 44.6 Å². The van der Waals surface area contributed by atoms with Crippen molar-refractivity contribution in [3.05, 3.63) is 41.5 Å². The zero-order chi connectivity index (χ0) is 21.3. The van der Waals surface area contributed by atoms with Crippen LogP contribution in [0.5, 0.6) is 23.0 Å². The molecule has 4 N–H and O–H groups in total. The predicted molar refractivity (Wildman–Crippen MR) is 120 cm³/mol. The molecule has 0 bridgehead atoms. The number of benzene rings is 2. The first kappa shape index (κ1) is 21.8. The fourth-order valence-corrected chi connectivity index (χ4v) is 3.74. The first-order chi connectivity index (χ1) is 14.6. The van der Waals surface area contributed by atoms with Crippen LogP contribution in [0.2, 0.25) is 0 Å². The number of hydrazone groups is 1. The first-order valence-electron chi connectivity index (χ1n) is 11.0. The largest absolute Gasteiger partial charge is 0.507 e. The van der Waals surface area contributed by atoms with Crippen LogP contribution in [0.15, 0.2) is 35.4 Å². The van der Waals surface area contributed by atoms with Crippen LogP contribution in [0.1, 0.15) is 75.8 Å². The van der Waals surface area contributed by atoms with E-state index >= 15 is 0 Å². The van der Waals surface area contributed by atoms with Gasteiger partial charge in [0.15, 0.2) is 17.2 Å². The van der Waals surface area contributed by atoms with E-state index in [1.54, 1.807) is 24.3 Å². The number of nitrogens with one attached hydrogen (secondary N) is 1. The molecule has 2 aromatic rings. The highest BCUT2D eigenvalue weighted by atomic mass is 16.5. The summed E-state index contributed by atoms with van der Waals surface area (Å²) in [7, 11) is 0. The molecule has 0 amide bonds. The normalized spacial score (nSPS) is 12.6. The van der Waals surface area contributed by atoms with Crippen LogP contribution in [0.25, 0.3) is 0 Å². The molecule has 0 atom stereocenters. The summed E-state index contributed by atoms with van der Waals surface area (Å²) in [4.78, 5) is 0. The highest BCUT2D eigenvalue weighted by molar-refractivity contribution is 6.00. The average molecular weight is 413 g/mol. The fourth-order valence-electron chi connectivity index (χ4n) is 3.74. The van der Waals surface area contributed by atoms with E-state index in [2.05, 4.69) is 17.5 Å². The number of phenolic OH excluding ortho intramolecular Hbond substituents is 3. The molecule has 2 aromatic carbocycles. The van der Waals surface area contributed by atoms with Crippen molar-refractivity contribution in [2.45, 2.75) is 71.1 Å². The van der Waals surface area contributed by atoms with E-state index in [-0.39, 0.29) is 23.1 Å². The van der Waals surface area contributed by atoms with Crippen molar-refractivity contribution >= 4 is 11.6 Å². The summed E-state index contributed by atoms with van der Waals surface area (Å²) >= 11 is 0. The standard InChI is InChI=1S/C24H32N2O4/c1-2-3-4-5-6-7-8-9-10-14-18-22(29)21(28)16-19-23(18)30-24(26-25-19)17-13-11-12-15-20(17)27/h11-13,15-16,25,27-29H,2-10,14H2,1H3. The van der Waals surface area contributed by atoms with E-state index in [4.69, 9.17) is 4.74 Å². The van der Waals surface area contributed by atoms with Gasteiger partial charge in [0, 0.05) is 11.6 Å². The summed E-state index contributed by atoms with van der Waals surface area (Å²) in [5, 5.41) is 34.8. The molecule has 0 aromatic heterocycles. The van der Waals surface area contributed by atoms with Crippen LogP contribution in [0, 0.1) is 0 Å². The Hall–Kier alpha value is -2.89. The number of ether oxygens (including phenoxy) is 1. The smallest absolute Gasteiger partial charge is 0.247 e. The number of anilines is 1. The van der Waals surface area contributed by atoms with Crippen LogP contribution in [0.3, 0.4) is 0 Å². The molecule has 6 heteroatoms. The summed E-state index contributed by atoms with van der Waals surface area (Å²) in [5.74, 6) is 0.368. The van der Waals surface area contributed by atoms with Crippen LogP contribution < -0.4 is 10.2 Å². The van der Waals surface area contributed by atoms with E-state index < -0.39 is 0 Å². The van der Waals surface area contributed by atoms with Crippen molar-refractivity contribution in [2.24, 2.45) is 5.10 Å². The van der Waals surface area contributed by atoms with Gasteiger partial charge in [-0.1, -0.05) is 70.4 Å². The minimum absolute atomic E-state index is 0.0602. The molecule has 0 unspecified atom stereocenters. The summed E-state index contributed by atoms with van der Waals surface area (Å²) in [5.41, 5.74) is 4.37. The van der Waals surface area contributed by atoms with Gasteiger partial charge in [-0.05, 0) is 25.0 Å². The fraction of sp³-hybridized carbons (Fsp3) is 0.458. The molecule has 0 spiro atoms. The minimum Gasteiger partial charge on any atom is -0.507 e. The van der Waals surface area contributed by atoms with Gasteiger partial charge in [-0.3, -0.25) is 5.43 Å². The number of hydrogen-bond acceptors (Lipinski definition) is 6. The van der Waals surface area contributed by atoms with Gasteiger partial charge in [-0.25, -0.2) is 0 Å². The zero-order valence-electron chi connectivity index (χ0n) is 17.7. The lowest BCUT2D eigenvalue weighted by Crippen LogP contribution is -2.19. The number of nitrogens with zero attached hydrogens (tertiary/aromatic N) is 1. The van der Waals surface area contributed by atoms with Gasteiger partial charge in [-0.2, -0.15) is 0 Å². The molecule has 0 fully saturated rings. The summed E-state index contributed by atoms with van der Waals surface area (Å²) in [6.07, 6.45) is 11.4. The van der Waals surface area contributed by atoms with Crippen LogP contribution >= 0.6 is 0 Å². The lowest BCUT2D eigenvalue weighted by atomic mass is 10.0. The maximum Gasteiger partial charge on any atom is 0.247 e. The SMILES string of the molecule is CCCCCCCCCCCc1c(O)c(O)cc2c1OC(c1ccccc1O)=NN2. The Morgan fingerprint density at radius 3 is 2.23 bits per heavy atom. The van der Waals surface area contributed by atoms with Gasteiger partial charge in [0.05, 0.1) is 5.56 Å². The topological polar surface area (TPSA) is 94.3 Å². The van der Waals surface area contributed by atoms with Crippen LogP contribution in [0.4, 0.5) is 5.69 Å². The van der Waals surface area contributed by atoms with Crippen molar-refractivity contribution in [2.75, 3.05) is 5.43 Å². The highest BCUT2D eigenvalue weighted by Crippen LogP contribution is 2.44. The molecule has 1 aliphatic rings. The monoisotopic (exact) mass is 412 g/mol. The Morgan fingerprint density at radius 1 is 0.867 bits per heavy atom. The third-order valence-corrected chi connectivity index (χ3v) is 5.47. The molecule has 1 aliphatic heterocycles. The van der Waals surface area contributed by atoms with Gasteiger partial charge >= 0.3 is 0 Å². The first-order valence-corrected chi connectivity index (χ1v) is 11.0. The second kappa shape index (κ2) is 10.8. The van der Waals surface area contributed by atoms with Gasteiger partial charge in [0.1, 0.15) is 11.4 Å². The Balaban J connectivity index is 1.61. The molecule has 1 heterocycles. The number of hydrogen-bond donors (Lipinski definition) is 4. The van der Waals surface area contributed by atoms with Crippen LogP contribution in [-0.4, -0.2) is 21.2 Å². The average Bonchev–Trinajstić information content (AvgIpc) is 2.75. The Labute approximate surface area is 178 Å². The van der Waals surface area contributed by atoms with Crippen molar-refractivity contribution in [1.82, 2.24) is 0 Å². The number of fused-ring (bicyclic) bond motifs is 1. The maximum absolute atomic E-state index is 10.4. The second-order valence-electron chi connectivity index (χ2n) is 7.83. The number of rotatable bonds is 11. The van der Waals surface area contributed by atoms with Crippen molar-refractivity contribution < 1.29 is 20.1 Å². The van der Waals surface area contributed by atoms with Gasteiger partial charge in [0.25, 0.3) is 0 Å². The lowest BCUT2D eigenvalue weighted by molar-refractivity contribution is 0.393. The Morgan fingerprint density at radius 2 is 1.53 bits per heavy atom. The quantitative estimate of drug-likeness (QED) is 0.205. The molecular formula is C24H32N2O4. The minimum atomic E-state index is -0.197. The van der Waals surface area contributed by atoms with E-state index in [9.17, 15) is 15.3 Å². The molecule has 0 saturated carbocycles. The summed E-state index contributed by atoms with van der Waals surface area (Å²) in [6, 6.07) is 8.18. The van der Waals surface area contributed by atoms with E-state index in [0.29, 0.717) is 29.0 Å². The number of phenols is 3. The second-order valence-corrected chi connectivity index (χ2v) is 7.83. The molecule has 6 nitrogen and oxygen atoms in total. The predicted octanol–water partition coefficient (Wildman–Crippen LogP) is 6.04. The van der Waals surface area contributed by atoms with Crippen molar-refractivity contribution in [1.29, 1.82) is 0 Å². The third kappa shape index (κ3) is 5.38. The van der Waals surface area contributed by atoms with E-state index in [0.717, 1.165) is 19.3 Å². The van der Waals surface area contributed by atoms with Gasteiger partial charge in [0.2, 0.25) is 5.90 Å². The molecular weight excluding hydrogens is 380 g/mol.